The van der Waals surface area contributed by atoms with Crippen molar-refractivity contribution in [2.45, 2.75) is 0 Å². The molecule has 0 radical (unpaired) electrons. The molecule has 0 saturated heterocycles. The van der Waals surface area contributed by atoms with E-state index in [0.29, 0.717) is 15.0 Å². The third-order valence-electron chi connectivity index (χ3n) is 3.25. The van der Waals surface area contributed by atoms with Crippen LogP contribution in [0.25, 0.3) is 10.6 Å². The zero-order valence-electron chi connectivity index (χ0n) is 13.7. The van der Waals surface area contributed by atoms with Crippen molar-refractivity contribution in [1.82, 2.24) is 25.1 Å². The van der Waals surface area contributed by atoms with Crippen molar-refractivity contribution < 1.29 is 14.3 Å². The van der Waals surface area contributed by atoms with Gasteiger partial charge >= 0.3 is 5.97 Å². The molecule has 0 saturated carbocycles. The minimum absolute atomic E-state index is 0.0474. The van der Waals surface area contributed by atoms with Gasteiger partial charge in [0.25, 0.3) is 5.91 Å². The van der Waals surface area contributed by atoms with Crippen molar-refractivity contribution in [3.63, 3.8) is 0 Å². The number of hydrogen-bond donors (Lipinski definition) is 1. The Hall–Kier alpha value is -2.59. The average molecular weight is 436 g/mol. The molecule has 0 bridgehead atoms. The molecule has 3 rings (SSSR count). The van der Waals surface area contributed by atoms with Crippen LogP contribution in [-0.2, 0) is 11.8 Å². The number of carbonyl (C=O) groups excluding carboxylic acids is 2. The highest BCUT2D eigenvalue weighted by Gasteiger charge is 2.14. The van der Waals surface area contributed by atoms with Crippen molar-refractivity contribution >= 4 is 39.1 Å². The fraction of sp³-hybridized carbons (Fsp3) is 0.188. The highest BCUT2D eigenvalue weighted by molar-refractivity contribution is 9.10. The normalized spacial score (nSPS) is 10.5. The lowest BCUT2D eigenvalue weighted by Crippen LogP contribution is -2.28. The van der Waals surface area contributed by atoms with Crippen molar-refractivity contribution in [3.05, 3.63) is 52.0 Å². The molecule has 1 amide bonds. The number of nitrogens with one attached hydrogen (secondary N) is 1. The smallest absolute Gasteiger partial charge is 0.357 e. The number of amides is 1. The monoisotopic (exact) mass is 435 g/mol. The Labute approximate surface area is 161 Å². The van der Waals surface area contributed by atoms with Crippen LogP contribution in [0.15, 0.2) is 40.7 Å². The molecule has 134 valence electrons. The van der Waals surface area contributed by atoms with Gasteiger partial charge in [-0.05, 0) is 22.0 Å². The Morgan fingerprint density at radius 3 is 2.92 bits per heavy atom. The van der Waals surface area contributed by atoms with Gasteiger partial charge in [-0.15, -0.1) is 11.3 Å². The third-order valence-corrected chi connectivity index (χ3v) is 4.58. The number of rotatable bonds is 6. The van der Waals surface area contributed by atoms with Crippen LogP contribution in [0.5, 0.6) is 0 Å². The molecule has 3 heterocycles. The maximum absolute atomic E-state index is 12.0. The van der Waals surface area contributed by atoms with Gasteiger partial charge in [0.05, 0.1) is 18.3 Å². The number of esters is 1. The number of thiazole rings is 1. The lowest BCUT2D eigenvalue weighted by Gasteiger charge is -2.06. The zero-order chi connectivity index (χ0) is 18.5. The second-order valence-electron chi connectivity index (χ2n) is 5.22. The Balaban J connectivity index is 1.47. The summed E-state index contributed by atoms with van der Waals surface area (Å²) in [4.78, 5) is 32.1. The first kappa shape index (κ1) is 18.2. The quantitative estimate of drug-likeness (QED) is 0.470. The Morgan fingerprint density at radius 2 is 2.19 bits per heavy atom. The number of carbonyl (C=O) groups is 2. The van der Waals surface area contributed by atoms with Crippen LogP contribution in [0.4, 0.5) is 0 Å². The van der Waals surface area contributed by atoms with Crippen LogP contribution in [0.3, 0.4) is 0 Å². The molecule has 0 unspecified atom stereocenters. The number of hydrogen-bond acceptors (Lipinski definition) is 7. The Kier molecular flexibility index (Phi) is 5.74. The summed E-state index contributed by atoms with van der Waals surface area (Å²) >= 11 is 4.59. The van der Waals surface area contributed by atoms with Gasteiger partial charge in [-0.2, -0.15) is 5.10 Å². The van der Waals surface area contributed by atoms with Gasteiger partial charge in [0, 0.05) is 41.1 Å². The van der Waals surface area contributed by atoms with E-state index in [9.17, 15) is 9.59 Å². The van der Waals surface area contributed by atoms with Gasteiger partial charge in [-0.25, -0.2) is 9.78 Å². The number of aryl methyl sites for hydroxylation is 1. The highest BCUT2D eigenvalue weighted by atomic mass is 79.9. The molecule has 3 aromatic rings. The van der Waals surface area contributed by atoms with Crippen LogP contribution >= 0.6 is 27.3 Å². The van der Waals surface area contributed by atoms with Crippen LogP contribution in [0, 0.1) is 0 Å². The summed E-state index contributed by atoms with van der Waals surface area (Å²) in [5.74, 6) is -0.822. The predicted molar refractivity (Wildman–Crippen MR) is 98.9 cm³/mol. The summed E-state index contributed by atoms with van der Waals surface area (Å²) < 4.78 is 7.51. The second-order valence-corrected chi connectivity index (χ2v) is 7.00. The SMILES string of the molecule is Cn1cc(-c2nc(C(=O)OCCNC(=O)c3cncc(Br)c3)cs2)cn1. The van der Waals surface area contributed by atoms with Crippen molar-refractivity contribution in [1.29, 1.82) is 0 Å². The van der Waals surface area contributed by atoms with E-state index in [-0.39, 0.29) is 24.8 Å². The lowest BCUT2D eigenvalue weighted by molar-refractivity contribution is 0.0497. The number of halogens is 1. The zero-order valence-corrected chi connectivity index (χ0v) is 16.1. The molecular weight excluding hydrogens is 422 g/mol. The van der Waals surface area contributed by atoms with E-state index >= 15 is 0 Å². The molecule has 0 spiro atoms. The third kappa shape index (κ3) is 4.52. The summed E-state index contributed by atoms with van der Waals surface area (Å²) in [5, 5.41) is 9.07. The minimum Gasteiger partial charge on any atom is -0.459 e. The van der Waals surface area contributed by atoms with Gasteiger partial charge < -0.3 is 10.1 Å². The molecular formula is C16H14BrN5O3S. The predicted octanol–water partition coefficient (Wildman–Crippen LogP) is 2.29. The standard InChI is InChI=1S/C16H14BrN5O3S/c1-22-8-11(6-20-22)15-21-13(9-26-15)16(24)25-3-2-19-14(23)10-4-12(17)7-18-5-10/h4-9H,2-3H2,1H3,(H,19,23). The van der Waals surface area contributed by atoms with Gasteiger partial charge in [-0.1, -0.05) is 0 Å². The summed E-state index contributed by atoms with van der Waals surface area (Å²) in [6, 6.07) is 1.66. The number of nitrogens with zero attached hydrogens (tertiary/aromatic N) is 4. The molecule has 8 nitrogen and oxygen atoms in total. The first-order valence-corrected chi connectivity index (χ1v) is 9.20. The van der Waals surface area contributed by atoms with E-state index in [1.54, 1.807) is 28.5 Å². The van der Waals surface area contributed by atoms with Crippen LogP contribution in [0.1, 0.15) is 20.8 Å². The lowest BCUT2D eigenvalue weighted by atomic mass is 10.3. The van der Waals surface area contributed by atoms with Crippen LogP contribution < -0.4 is 5.32 Å². The Morgan fingerprint density at radius 1 is 1.35 bits per heavy atom. The van der Waals surface area contributed by atoms with Crippen molar-refractivity contribution in [2.24, 2.45) is 7.05 Å². The molecule has 0 aliphatic rings. The van der Waals surface area contributed by atoms with Gasteiger partial charge in [0.2, 0.25) is 0 Å². The maximum atomic E-state index is 12.0. The fourth-order valence-corrected chi connectivity index (χ4v) is 3.18. The molecule has 0 aliphatic carbocycles. The summed E-state index contributed by atoms with van der Waals surface area (Å²) in [7, 11) is 1.81. The second kappa shape index (κ2) is 8.19. The first-order valence-electron chi connectivity index (χ1n) is 7.53. The average Bonchev–Trinajstić information content (AvgIpc) is 3.27. The molecule has 10 heteroatoms. The van der Waals surface area contributed by atoms with Gasteiger partial charge in [0.1, 0.15) is 11.6 Å². The largest absolute Gasteiger partial charge is 0.459 e. The molecule has 3 aromatic heterocycles. The van der Waals surface area contributed by atoms with E-state index in [0.717, 1.165) is 5.56 Å². The topological polar surface area (TPSA) is 99.0 Å². The number of aromatic nitrogens is 4. The molecule has 1 N–H and O–H groups in total. The Bertz CT molecular complexity index is 939. The highest BCUT2D eigenvalue weighted by Crippen LogP contribution is 2.23. The molecule has 0 aliphatic heterocycles. The number of ether oxygens (including phenoxy) is 1. The maximum Gasteiger partial charge on any atom is 0.357 e. The van der Waals surface area contributed by atoms with E-state index in [4.69, 9.17) is 4.74 Å². The van der Waals surface area contributed by atoms with Gasteiger partial charge in [-0.3, -0.25) is 14.5 Å². The number of pyridine rings is 1. The molecule has 0 aromatic carbocycles. The summed E-state index contributed by atoms with van der Waals surface area (Å²) in [6.45, 7) is 0.239. The summed E-state index contributed by atoms with van der Waals surface area (Å²) in [5.41, 5.74) is 1.49. The molecule has 0 atom stereocenters. The van der Waals surface area contributed by atoms with E-state index in [2.05, 4.69) is 36.3 Å². The summed E-state index contributed by atoms with van der Waals surface area (Å²) in [6.07, 6.45) is 6.55. The minimum atomic E-state index is -0.533. The first-order chi connectivity index (χ1) is 12.5. The molecule has 0 fully saturated rings. The molecule has 26 heavy (non-hydrogen) atoms. The van der Waals surface area contributed by atoms with Crippen LogP contribution in [0.2, 0.25) is 0 Å². The van der Waals surface area contributed by atoms with Gasteiger partial charge in [0.15, 0.2) is 5.69 Å². The van der Waals surface area contributed by atoms with Crippen molar-refractivity contribution in [2.75, 3.05) is 13.2 Å². The van der Waals surface area contributed by atoms with E-state index in [1.807, 2.05) is 13.2 Å². The van der Waals surface area contributed by atoms with Crippen molar-refractivity contribution in [3.8, 4) is 10.6 Å². The van der Waals surface area contributed by atoms with Crippen LogP contribution in [-0.4, -0.2) is 44.8 Å². The van der Waals surface area contributed by atoms with E-state index in [1.165, 1.54) is 17.5 Å². The fourth-order valence-electron chi connectivity index (χ4n) is 2.05. The van der Waals surface area contributed by atoms with E-state index < -0.39 is 5.97 Å².